The van der Waals surface area contributed by atoms with Crippen LogP contribution >= 0.6 is 15.9 Å². The van der Waals surface area contributed by atoms with Crippen LogP contribution in [0.2, 0.25) is 0 Å². The van der Waals surface area contributed by atoms with Crippen LogP contribution in [0.4, 0.5) is 5.69 Å². The average molecular weight is 618 g/mol. The fraction of sp³-hybridized carbons (Fsp3) is 0.250. The molecule has 41 heavy (non-hydrogen) atoms. The number of amides is 1. The summed E-state index contributed by atoms with van der Waals surface area (Å²) in [6, 6.07) is 16.6. The van der Waals surface area contributed by atoms with Crippen LogP contribution in [-0.2, 0) is 11.2 Å². The summed E-state index contributed by atoms with van der Waals surface area (Å²) in [5, 5.41) is 7.92. The zero-order chi connectivity index (χ0) is 29.5. The Morgan fingerprint density at radius 1 is 1.22 bits per heavy atom. The summed E-state index contributed by atoms with van der Waals surface area (Å²) in [5.41, 5.74) is 3.52. The molecule has 8 nitrogen and oxygen atoms in total. The number of nitrogens with zero attached hydrogens (tertiary/aromatic N) is 3. The van der Waals surface area contributed by atoms with E-state index in [-0.39, 0.29) is 24.0 Å². The van der Waals surface area contributed by atoms with Crippen LogP contribution in [0, 0.1) is 6.92 Å². The number of carbonyl (C=O) groups excluding carboxylic acids is 1. The number of carbonyl (C=O) groups is 1. The second-order valence-corrected chi connectivity index (χ2v) is 10.6. The van der Waals surface area contributed by atoms with Crippen molar-refractivity contribution in [2.24, 2.45) is 5.10 Å². The molecule has 4 aromatic rings. The zero-order valence-electron chi connectivity index (χ0n) is 23.6. The van der Waals surface area contributed by atoms with E-state index < -0.39 is 0 Å². The fourth-order valence-electron chi connectivity index (χ4n) is 4.32. The molecule has 0 bridgehead atoms. The number of aryl methyl sites for hydroxylation is 1. The second-order valence-electron chi connectivity index (χ2n) is 9.66. The molecule has 0 radical (unpaired) electrons. The van der Waals surface area contributed by atoms with Gasteiger partial charge in [0.25, 0.3) is 11.5 Å². The zero-order valence-corrected chi connectivity index (χ0v) is 25.2. The number of hydrogen-bond acceptors (Lipinski definition) is 6. The van der Waals surface area contributed by atoms with Gasteiger partial charge in [0.1, 0.15) is 5.82 Å². The van der Waals surface area contributed by atoms with Crippen LogP contribution in [0.5, 0.6) is 11.5 Å². The van der Waals surface area contributed by atoms with Crippen molar-refractivity contribution in [1.82, 2.24) is 9.66 Å². The molecule has 1 amide bonds. The van der Waals surface area contributed by atoms with Crippen LogP contribution in [0.3, 0.4) is 0 Å². The van der Waals surface area contributed by atoms with E-state index in [4.69, 9.17) is 14.5 Å². The predicted molar refractivity (Wildman–Crippen MR) is 168 cm³/mol. The van der Waals surface area contributed by atoms with Crippen LogP contribution < -0.4 is 20.3 Å². The summed E-state index contributed by atoms with van der Waals surface area (Å²) < 4.78 is 13.7. The number of methoxy groups -OCH3 is 1. The van der Waals surface area contributed by atoms with Crippen LogP contribution in [0.1, 0.15) is 48.7 Å². The smallest absolute Gasteiger partial charge is 0.282 e. The van der Waals surface area contributed by atoms with Gasteiger partial charge in [0.2, 0.25) is 0 Å². The lowest BCUT2D eigenvalue weighted by Crippen LogP contribution is -2.23. The lowest BCUT2D eigenvalue weighted by molar-refractivity contribution is -0.118. The average Bonchev–Trinajstić information content (AvgIpc) is 2.97. The fourth-order valence-corrected chi connectivity index (χ4v) is 4.68. The molecule has 1 atom stereocenters. The Bertz CT molecular complexity index is 1680. The van der Waals surface area contributed by atoms with Gasteiger partial charge in [-0.3, -0.25) is 9.59 Å². The number of nitrogens with one attached hydrogen (secondary N) is 1. The molecule has 1 heterocycles. The molecule has 0 spiro atoms. The number of ether oxygens (including phenoxy) is 2. The summed E-state index contributed by atoms with van der Waals surface area (Å²) in [6.45, 7) is 9.65. The number of benzene rings is 3. The quantitative estimate of drug-likeness (QED) is 0.151. The first-order valence-electron chi connectivity index (χ1n) is 13.3. The maximum Gasteiger partial charge on any atom is 0.282 e. The van der Waals surface area contributed by atoms with Gasteiger partial charge in [0.05, 0.1) is 24.2 Å². The van der Waals surface area contributed by atoms with Crippen molar-refractivity contribution in [3.63, 3.8) is 0 Å². The van der Waals surface area contributed by atoms with E-state index in [9.17, 15) is 9.59 Å². The molecular formula is C32H33BrN4O4. The van der Waals surface area contributed by atoms with Gasteiger partial charge in [0.15, 0.2) is 18.1 Å². The van der Waals surface area contributed by atoms with Gasteiger partial charge in [-0.15, -0.1) is 6.58 Å². The Morgan fingerprint density at radius 3 is 2.71 bits per heavy atom. The number of fused-ring (bicyclic) bond motifs is 1. The van der Waals surface area contributed by atoms with Crippen molar-refractivity contribution in [3.8, 4) is 11.5 Å². The molecule has 9 heteroatoms. The molecule has 0 fully saturated rings. The molecule has 0 aliphatic heterocycles. The highest BCUT2D eigenvalue weighted by Gasteiger charge is 2.17. The third kappa shape index (κ3) is 6.92. The number of aromatic nitrogens is 2. The van der Waals surface area contributed by atoms with Gasteiger partial charge in [-0.2, -0.15) is 9.78 Å². The standard InChI is InChI=1S/C32H33BrN4O4/c1-6-10-23-15-22(16-28(40-5)30(23)41-19-29(38)35-26-12-9-8-11-21(26)4)18-34-37-31(20(3)7-2)36-27-14-13-24(33)17-25(27)32(37)39/h6,8-9,11-18,20H,1,7,10,19H2,2-5H3,(H,35,38)/t20-/m1/s1. The van der Waals surface area contributed by atoms with Crippen molar-refractivity contribution in [1.29, 1.82) is 0 Å². The van der Waals surface area contributed by atoms with E-state index in [1.165, 1.54) is 11.8 Å². The summed E-state index contributed by atoms with van der Waals surface area (Å²) in [4.78, 5) is 30.9. The van der Waals surface area contributed by atoms with Gasteiger partial charge in [0, 0.05) is 21.6 Å². The maximum atomic E-state index is 13.5. The molecule has 1 N–H and O–H groups in total. The monoisotopic (exact) mass is 616 g/mol. The molecular weight excluding hydrogens is 584 g/mol. The minimum atomic E-state index is -0.288. The molecule has 1 aromatic heterocycles. The number of rotatable bonds is 11. The Hall–Kier alpha value is -4.24. The maximum absolute atomic E-state index is 13.5. The first-order chi connectivity index (χ1) is 19.7. The number of anilines is 1. The SMILES string of the molecule is C=CCc1cc(C=Nn2c([C@H](C)CC)nc3ccc(Br)cc3c2=O)cc(OC)c1OCC(=O)Nc1ccccc1C. The third-order valence-electron chi connectivity index (χ3n) is 6.71. The lowest BCUT2D eigenvalue weighted by atomic mass is 10.1. The number of hydrogen-bond donors (Lipinski definition) is 1. The lowest BCUT2D eigenvalue weighted by Gasteiger charge is -2.16. The highest BCUT2D eigenvalue weighted by Crippen LogP contribution is 2.33. The van der Waals surface area contributed by atoms with Gasteiger partial charge >= 0.3 is 0 Å². The van der Waals surface area contributed by atoms with Crippen LogP contribution in [0.15, 0.2) is 81.6 Å². The topological polar surface area (TPSA) is 94.8 Å². The second kappa shape index (κ2) is 13.4. The first-order valence-corrected chi connectivity index (χ1v) is 14.1. The predicted octanol–water partition coefficient (Wildman–Crippen LogP) is 6.62. The van der Waals surface area contributed by atoms with Gasteiger partial charge in [-0.1, -0.05) is 54.1 Å². The molecule has 0 aliphatic rings. The van der Waals surface area contributed by atoms with Gasteiger partial charge in [-0.25, -0.2) is 4.98 Å². The highest BCUT2D eigenvalue weighted by molar-refractivity contribution is 9.10. The number of allylic oxidation sites excluding steroid dienone is 1. The van der Waals surface area contributed by atoms with Crippen molar-refractivity contribution < 1.29 is 14.3 Å². The van der Waals surface area contributed by atoms with E-state index >= 15 is 0 Å². The Morgan fingerprint density at radius 2 is 2.00 bits per heavy atom. The van der Waals surface area contributed by atoms with Crippen molar-refractivity contribution in [3.05, 3.63) is 105 Å². The van der Waals surface area contributed by atoms with Gasteiger partial charge in [-0.05, 0) is 67.3 Å². The molecule has 4 rings (SSSR count). The van der Waals surface area contributed by atoms with E-state index in [0.717, 1.165) is 27.7 Å². The molecule has 3 aromatic carbocycles. The largest absolute Gasteiger partial charge is 0.493 e. The normalized spacial score (nSPS) is 11.9. The summed E-state index contributed by atoms with van der Waals surface area (Å²) >= 11 is 3.44. The van der Waals surface area contributed by atoms with E-state index in [0.29, 0.717) is 40.2 Å². The highest BCUT2D eigenvalue weighted by atomic mass is 79.9. The minimum absolute atomic E-state index is 0.0142. The molecule has 212 valence electrons. The Kier molecular flexibility index (Phi) is 9.73. The van der Waals surface area contributed by atoms with Crippen molar-refractivity contribution in [2.45, 2.75) is 39.5 Å². The molecule has 0 saturated carbocycles. The third-order valence-corrected chi connectivity index (χ3v) is 7.21. The number of halogens is 1. The summed E-state index contributed by atoms with van der Waals surface area (Å²) in [7, 11) is 1.53. The number of para-hydroxylation sites is 1. The summed E-state index contributed by atoms with van der Waals surface area (Å²) in [6.07, 6.45) is 4.61. The molecule has 0 aliphatic carbocycles. The van der Waals surface area contributed by atoms with Crippen molar-refractivity contribution in [2.75, 3.05) is 19.0 Å². The Balaban J connectivity index is 1.67. The molecule has 0 unspecified atom stereocenters. The van der Waals surface area contributed by atoms with E-state index in [2.05, 4.69) is 32.9 Å². The first kappa shape index (κ1) is 29.7. The Labute approximate surface area is 247 Å². The van der Waals surface area contributed by atoms with E-state index in [1.807, 2.05) is 63.2 Å². The molecule has 0 saturated heterocycles. The van der Waals surface area contributed by atoms with Gasteiger partial charge < -0.3 is 14.8 Å². The van der Waals surface area contributed by atoms with Crippen LogP contribution in [-0.4, -0.2) is 35.5 Å². The summed E-state index contributed by atoms with van der Waals surface area (Å²) in [5.74, 6) is 1.19. The minimum Gasteiger partial charge on any atom is -0.493 e. The van der Waals surface area contributed by atoms with Crippen molar-refractivity contribution >= 4 is 44.6 Å². The van der Waals surface area contributed by atoms with E-state index in [1.54, 1.807) is 24.4 Å². The van der Waals surface area contributed by atoms with Crippen LogP contribution in [0.25, 0.3) is 10.9 Å².